The second kappa shape index (κ2) is 7.68. The SMILES string of the molecule is CC.CC1Cc2ncnc(C3CCCN(S(C)(=O)=O)C3)c2CN1. The molecule has 130 valence electrons. The number of nitrogens with one attached hydrogen (secondary N) is 1. The molecule has 23 heavy (non-hydrogen) atoms. The van der Waals surface area contributed by atoms with Crippen LogP contribution in [0.4, 0.5) is 0 Å². The van der Waals surface area contributed by atoms with Crippen LogP contribution >= 0.6 is 0 Å². The van der Waals surface area contributed by atoms with Crippen molar-refractivity contribution in [3.05, 3.63) is 23.3 Å². The zero-order valence-electron chi connectivity index (χ0n) is 14.5. The van der Waals surface area contributed by atoms with Crippen molar-refractivity contribution >= 4 is 10.0 Å². The first-order valence-electron chi connectivity index (χ1n) is 8.46. The molecule has 1 fully saturated rings. The van der Waals surface area contributed by atoms with Crippen molar-refractivity contribution in [3.8, 4) is 0 Å². The van der Waals surface area contributed by atoms with Gasteiger partial charge in [0.2, 0.25) is 10.0 Å². The summed E-state index contributed by atoms with van der Waals surface area (Å²) in [6.07, 6.45) is 5.71. The molecule has 0 aliphatic carbocycles. The lowest BCUT2D eigenvalue weighted by molar-refractivity contribution is 0.312. The highest BCUT2D eigenvalue weighted by atomic mass is 32.2. The number of hydrogen-bond donors (Lipinski definition) is 1. The monoisotopic (exact) mass is 340 g/mol. The minimum atomic E-state index is -3.12. The molecular formula is C16H28N4O2S. The van der Waals surface area contributed by atoms with E-state index in [4.69, 9.17) is 0 Å². The second-order valence-corrected chi connectivity index (χ2v) is 8.11. The highest BCUT2D eigenvalue weighted by Gasteiger charge is 2.30. The molecule has 2 aliphatic rings. The van der Waals surface area contributed by atoms with Gasteiger partial charge in [-0.25, -0.2) is 22.7 Å². The van der Waals surface area contributed by atoms with Crippen LogP contribution in [0.3, 0.4) is 0 Å². The maximum atomic E-state index is 11.8. The van der Waals surface area contributed by atoms with Crippen LogP contribution in [-0.2, 0) is 23.0 Å². The normalized spacial score (nSPS) is 25.2. The number of aromatic nitrogens is 2. The van der Waals surface area contributed by atoms with Crippen LogP contribution < -0.4 is 5.32 Å². The maximum Gasteiger partial charge on any atom is 0.211 e. The molecule has 6 nitrogen and oxygen atoms in total. The molecule has 0 saturated carbocycles. The van der Waals surface area contributed by atoms with Crippen LogP contribution in [0.25, 0.3) is 0 Å². The topological polar surface area (TPSA) is 75.2 Å². The van der Waals surface area contributed by atoms with Crippen LogP contribution in [0, 0.1) is 0 Å². The molecule has 0 spiro atoms. The molecule has 7 heteroatoms. The summed E-state index contributed by atoms with van der Waals surface area (Å²) < 4.78 is 25.1. The molecule has 3 heterocycles. The highest BCUT2D eigenvalue weighted by molar-refractivity contribution is 7.88. The maximum absolute atomic E-state index is 11.8. The summed E-state index contributed by atoms with van der Waals surface area (Å²) in [6, 6.07) is 0.430. The van der Waals surface area contributed by atoms with Gasteiger partial charge in [-0.3, -0.25) is 0 Å². The molecule has 1 aromatic heterocycles. The van der Waals surface area contributed by atoms with E-state index in [1.165, 1.54) is 11.8 Å². The molecule has 1 aromatic rings. The van der Waals surface area contributed by atoms with E-state index in [0.717, 1.165) is 37.2 Å². The highest BCUT2D eigenvalue weighted by Crippen LogP contribution is 2.31. The molecule has 0 amide bonds. The molecular weight excluding hydrogens is 312 g/mol. The third kappa shape index (κ3) is 4.28. The van der Waals surface area contributed by atoms with Crippen molar-refractivity contribution < 1.29 is 8.42 Å². The van der Waals surface area contributed by atoms with Crippen LogP contribution in [0.15, 0.2) is 6.33 Å². The van der Waals surface area contributed by atoms with Crippen LogP contribution in [0.2, 0.25) is 0 Å². The van der Waals surface area contributed by atoms with E-state index >= 15 is 0 Å². The lowest BCUT2D eigenvalue weighted by Crippen LogP contribution is -2.40. The molecule has 0 radical (unpaired) electrons. The van der Waals surface area contributed by atoms with Gasteiger partial charge < -0.3 is 5.32 Å². The van der Waals surface area contributed by atoms with E-state index in [9.17, 15) is 8.42 Å². The molecule has 1 saturated heterocycles. The van der Waals surface area contributed by atoms with E-state index in [2.05, 4.69) is 22.2 Å². The predicted molar refractivity (Wildman–Crippen MR) is 91.8 cm³/mol. The number of rotatable bonds is 2. The summed E-state index contributed by atoms with van der Waals surface area (Å²) in [5.74, 6) is 0.181. The minimum Gasteiger partial charge on any atom is -0.310 e. The van der Waals surface area contributed by atoms with E-state index in [-0.39, 0.29) is 5.92 Å². The number of nitrogens with zero attached hydrogens (tertiary/aromatic N) is 3. The molecule has 3 rings (SSSR count). The van der Waals surface area contributed by atoms with Gasteiger partial charge in [-0.1, -0.05) is 13.8 Å². The summed E-state index contributed by atoms with van der Waals surface area (Å²) >= 11 is 0. The predicted octanol–water partition coefficient (Wildman–Crippen LogP) is 1.68. The first-order valence-corrected chi connectivity index (χ1v) is 10.3. The van der Waals surface area contributed by atoms with Crippen molar-refractivity contribution in [2.24, 2.45) is 0 Å². The third-order valence-electron chi connectivity index (χ3n) is 4.43. The van der Waals surface area contributed by atoms with Gasteiger partial charge in [-0.05, 0) is 19.8 Å². The van der Waals surface area contributed by atoms with Gasteiger partial charge in [0, 0.05) is 43.6 Å². The molecule has 0 aromatic carbocycles. The van der Waals surface area contributed by atoms with Crippen LogP contribution in [0.1, 0.15) is 56.5 Å². The molecule has 2 atom stereocenters. The fourth-order valence-corrected chi connectivity index (χ4v) is 4.20. The fourth-order valence-electron chi connectivity index (χ4n) is 3.29. The summed E-state index contributed by atoms with van der Waals surface area (Å²) in [5, 5.41) is 3.45. The number of piperidine rings is 1. The number of fused-ring (bicyclic) bond motifs is 1. The zero-order chi connectivity index (χ0) is 17.0. The Labute approximate surface area is 139 Å². The Balaban J connectivity index is 0.000000924. The van der Waals surface area contributed by atoms with Gasteiger partial charge in [0.15, 0.2) is 0 Å². The van der Waals surface area contributed by atoms with E-state index < -0.39 is 10.0 Å². The Morgan fingerprint density at radius 2 is 2.04 bits per heavy atom. The summed E-state index contributed by atoms with van der Waals surface area (Å²) in [7, 11) is -3.12. The van der Waals surface area contributed by atoms with Crippen LogP contribution in [0.5, 0.6) is 0 Å². The quantitative estimate of drug-likeness (QED) is 0.886. The second-order valence-electron chi connectivity index (χ2n) is 6.13. The van der Waals surface area contributed by atoms with Crippen molar-refractivity contribution in [1.82, 2.24) is 19.6 Å². The Kier molecular flexibility index (Phi) is 6.11. The van der Waals surface area contributed by atoms with E-state index in [0.29, 0.717) is 19.1 Å². The van der Waals surface area contributed by atoms with Crippen molar-refractivity contribution in [1.29, 1.82) is 0 Å². The standard InChI is InChI=1S/C14H22N4O2S.C2H6/c1-10-6-13-12(7-15-10)14(17-9-16-13)11-4-3-5-18(8-11)21(2,19)20;1-2/h9-11,15H,3-8H2,1-2H3;1-2H3. The molecule has 2 aliphatic heterocycles. The summed E-state index contributed by atoms with van der Waals surface area (Å²) in [4.78, 5) is 8.89. The lowest BCUT2D eigenvalue weighted by atomic mass is 9.89. The molecule has 2 unspecified atom stereocenters. The first-order chi connectivity index (χ1) is 10.9. The average Bonchev–Trinajstić information content (AvgIpc) is 2.55. The summed E-state index contributed by atoms with van der Waals surface area (Å²) in [5.41, 5.74) is 3.33. The van der Waals surface area contributed by atoms with Gasteiger partial charge in [0.1, 0.15) is 6.33 Å². The van der Waals surface area contributed by atoms with E-state index in [1.54, 1.807) is 10.6 Å². The molecule has 1 N–H and O–H groups in total. The Morgan fingerprint density at radius 1 is 1.30 bits per heavy atom. The third-order valence-corrected chi connectivity index (χ3v) is 5.70. The fraction of sp³-hybridized carbons (Fsp3) is 0.750. The van der Waals surface area contributed by atoms with Gasteiger partial charge in [-0.2, -0.15) is 0 Å². The van der Waals surface area contributed by atoms with E-state index in [1.807, 2.05) is 13.8 Å². The average molecular weight is 340 g/mol. The first kappa shape index (κ1) is 18.3. The number of hydrogen-bond acceptors (Lipinski definition) is 5. The van der Waals surface area contributed by atoms with Gasteiger partial charge >= 0.3 is 0 Å². The Morgan fingerprint density at radius 3 is 2.74 bits per heavy atom. The lowest BCUT2D eigenvalue weighted by Gasteiger charge is -2.33. The van der Waals surface area contributed by atoms with Crippen molar-refractivity contribution in [3.63, 3.8) is 0 Å². The smallest absolute Gasteiger partial charge is 0.211 e. The van der Waals surface area contributed by atoms with Crippen molar-refractivity contribution in [2.75, 3.05) is 19.3 Å². The summed E-state index contributed by atoms with van der Waals surface area (Å²) in [6.45, 7) is 8.09. The Hall–Kier alpha value is -1.05. The number of sulfonamides is 1. The minimum absolute atomic E-state index is 0.181. The van der Waals surface area contributed by atoms with Crippen molar-refractivity contribution in [2.45, 2.75) is 58.5 Å². The van der Waals surface area contributed by atoms with Gasteiger partial charge in [0.25, 0.3) is 0 Å². The van der Waals surface area contributed by atoms with Gasteiger partial charge in [-0.15, -0.1) is 0 Å². The van der Waals surface area contributed by atoms with Crippen LogP contribution in [-0.4, -0.2) is 48.1 Å². The van der Waals surface area contributed by atoms with Gasteiger partial charge in [0.05, 0.1) is 17.6 Å². The largest absolute Gasteiger partial charge is 0.310 e. The zero-order valence-corrected chi connectivity index (χ0v) is 15.4. The molecule has 0 bridgehead atoms. The Bertz CT molecular complexity index is 633.